The fourth-order valence-electron chi connectivity index (χ4n) is 1.90. The number of para-hydroxylation sites is 1. The summed E-state index contributed by atoms with van der Waals surface area (Å²) in [5.74, 6) is -0.700. The number of halogens is 1. The lowest BCUT2D eigenvalue weighted by molar-refractivity contribution is 0.0697. The summed E-state index contributed by atoms with van der Waals surface area (Å²) in [7, 11) is 1.77. The number of carbonyl (C=O) groups is 1. The lowest BCUT2D eigenvalue weighted by atomic mass is 10.1. The zero-order valence-electron chi connectivity index (χ0n) is 10.6. The molecule has 1 aromatic carbocycles. The van der Waals surface area contributed by atoms with Gasteiger partial charge in [0.25, 0.3) is 0 Å². The zero-order chi connectivity index (χ0) is 14.0. The van der Waals surface area contributed by atoms with Crippen LogP contribution < -0.4 is 4.90 Å². The number of carboxylic acids is 1. The fourth-order valence-corrected chi connectivity index (χ4v) is 2.04. The monoisotopic (exact) mass is 276 g/mol. The molecule has 0 amide bonds. The van der Waals surface area contributed by atoms with Crippen molar-refractivity contribution in [3.63, 3.8) is 0 Å². The average molecular weight is 277 g/mol. The number of hydrogen-bond donors (Lipinski definition) is 1. The van der Waals surface area contributed by atoms with E-state index in [0.29, 0.717) is 5.82 Å². The standard InChI is InChI=1S/C14H13ClN2O2/c1-9-5-3-4-6-11(9)17(2)13-10(14(18)19)7-8-12(15)16-13/h3-8H,1-2H3,(H,18,19). The van der Waals surface area contributed by atoms with Crippen LogP contribution in [-0.4, -0.2) is 23.1 Å². The van der Waals surface area contributed by atoms with E-state index in [1.165, 1.54) is 12.1 Å². The van der Waals surface area contributed by atoms with Crippen molar-refractivity contribution in [1.82, 2.24) is 4.98 Å². The number of aromatic nitrogens is 1. The summed E-state index contributed by atoms with van der Waals surface area (Å²) in [5, 5.41) is 9.48. The molecule has 1 heterocycles. The molecular weight excluding hydrogens is 264 g/mol. The maximum Gasteiger partial charge on any atom is 0.339 e. The molecule has 5 heteroatoms. The Morgan fingerprint density at radius 3 is 2.58 bits per heavy atom. The normalized spacial score (nSPS) is 10.3. The van der Waals surface area contributed by atoms with Crippen LogP contribution in [-0.2, 0) is 0 Å². The van der Waals surface area contributed by atoms with Crippen molar-refractivity contribution in [1.29, 1.82) is 0 Å². The summed E-state index contributed by atoms with van der Waals surface area (Å²) >= 11 is 5.86. The predicted octanol–water partition coefficient (Wildman–Crippen LogP) is 3.51. The number of nitrogens with zero attached hydrogens (tertiary/aromatic N) is 2. The number of carboxylic acid groups (broad SMARTS) is 1. The molecule has 0 aliphatic carbocycles. The Bertz CT molecular complexity index is 629. The Hall–Kier alpha value is -2.07. The van der Waals surface area contributed by atoms with Crippen molar-refractivity contribution >= 4 is 29.1 Å². The molecule has 19 heavy (non-hydrogen) atoms. The molecule has 0 unspecified atom stereocenters. The second-order valence-electron chi connectivity index (χ2n) is 4.16. The molecular formula is C14H13ClN2O2. The minimum atomic E-state index is -1.03. The second-order valence-corrected chi connectivity index (χ2v) is 4.54. The maximum absolute atomic E-state index is 11.2. The van der Waals surface area contributed by atoms with E-state index in [1.807, 2.05) is 31.2 Å². The van der Waals surface area contributed by atoms with Gasteiger partial charge in [-0.3, -0.25) is 0 Å². The van der Waals surface area contributed by atoms with Crippen molar-refractivity contribution in [2.75, 3.05) is 11.9 Å². The Labute approximate surface area is 116 Å². The molecule has 98 valence electrons. The van der Waals surface area contributed by atoms with Crippen molar-refractivity contribution in [3.05, 3.63) is 52.7 Å². The van der Waals surface area contributed by atoms with Gasteiger partial charge in [-0.2, -0.15) is 0 Å². The van der Waals surface area contributed by atoms with E-state index in [4.69, 9.17) is 11.6 Å². The molecule has 0 aliphatic heterocycles. The largest absolute Gasteiger partial charge is 0.478 e. The highest BCUT2D eigenvalue weighted by atomic mass is 35.5. The highest BCUT2D eigenvalue weighted by molar-refractivity contribution is 6.29. The van der Waals surface area contributed by atoms with Gasteiger partial charge in [0.05, 0.1) is 0 Å². The molecule has 0 saturated carbocycles. The Morgan fingerprint density at radius 1 is 1.26 bits per heavy atom. The molecule has 0 radical (unpaired) electrons. The summed E-state index contributed by atoms with van der Waals surface area (Å²) in [4.78, 5) is 17.1. The number of pyridine rings is 1. The van der Waals surface area contributed by atoms with Crippen LogP contribution in [0.4, 0.5) is 11.5 Å². The van der Waals surface area contributed by atoms with Crippen LogP contribution in [0.1, 0.15) is 15.9 Å². The number of hydrogen-bond acceptors (Lipinski definition) is 3. The SMILES string of the molecule is Cc1ccccc1N(C)c1nc(Cl)ccc1C(=O)O. The molecule has 0 bridgehead atoms. The van der Waals surface area contributed by atoms with Crippen molar-refractivity contribution < 1.29 is 9.90 Å². The van der Waals surface area contributed by atoms with Gasteiger partial charge in [0.1, 0.15) is 16.5 Å². The molecule has 1 N–H and O–H groups in total. The summed E-state index contributed by atoms with van der Waals surface area (Å²) < 4.78 is 0. The zero-order valence-corrected chi connectivity index (χ0v) is 11.3. The number of anilines is 2. The van der Waals surface area contributed by atoms with Crippen molar-refractivity contribution in [2.24, 2.45) is 0 Å². The van der Waals surface area contributed by atoms with Crippen LogP contribution in [0, 0.1) is 6.92 Å². The molecule has 4 nitrogen and oxygen atoms in total. The van der Waals surface area contributed by atoms with E-state index in [2.05, 4.69) is 4.98 Å². The van der Waals surface area contributed by atoms with Crippen molar-refractivity contribution in [2.45, 2.75) is 6.92 Å². The van der Waals surface area contributed by atoms with Crippen LogP contribution in [0.5, 0.6) is 0 Å². The van der Waals surface area contributed by atoms with Gasteiger partial charge in [-0.1, -0.05) is 29.8 Å². The van der Waals surface area contributed by atoms with E-state index in [9.17, 15) is 9.90 Å². The fraction of sp³-hybridized carbons (Fsp3) is 0.143. The van der Waals surface area contributed by atoms with Gasteiger partial charge in [0, 0.05) is 12.7 Å². The number of benzene rings is 1. The van der Waals surface area contributed by atoms with Gasteiger partial charge < -0.3 is 10.0 Å². The van der Waals surface area contributed by atoms with E-state index < -0.39 is 5.97 Å². The third-order valence-electron chi connectivity index (χ3n) is 2.87. The number of aromatic carboxylic acids is 1. The average Bonchev–Trinajstić information content (AvgIpc) is 2.38. The summed E-state index contributed by atoms with van der Waals surface area (Å²) in [6.45, 7) is 1.96. The summed E-state index contributed by atoms with van der Waals surface area (Å²) in [5.41, 5.74) is 2.04. The van der Waals surface area contributed by atoms with E-state index in [-0.39, 0.29) is 10.7 Å². The first kappa shape index (κ1) is 13.4. The smallest absolute Gasteiger partial charge is 0.339 e. The minimum Gasteiger partial charge on any atom is -0.478 e. The maximum atomic E-state index is 11.2. The molecule has 0 aliphatic rings. The first-order valence-electron chi connectivity index (χ1n) is 5.70. The Balaban J connectivity index is 2.55. The van der Waals surface area contributed by atoms with Gasteiger partial charge in [-0.05, 0) is 30.7 Å². The molecule has 1 aromatic heterocycles. The topological polar surface area (TPSA) is 53.4 Å². The third-order valence-corrected chi connectivity index (χ3v) is 3.08. The first-order valence-corrected chi connectivity index (χ1v) is 6.07. The Kier molecular flexibility index (Phi) is 3.71. The van der Waals surface area contributed by atoms with Crippen LogP contribution in [0.15, 0.2) is 36.4 Å². The quantitative estimate of drug-likeness (QED) is 0.872. The van der Waals surface area contributed by atoms with Gasteiger partial charge in [0.15, 0.2) is 0 Å². The van der Waals surface area contributed by atoms with Gasteiger partial charge in [0.2, 0.25) is 0 Å². The number of aryl methyl sites for hydroxylation is 1. The first-order chi connectivity index (χ1) is 9.00. The van der Waals surface area contributed by atoms with Crippen LogP contribution in [0.2, 0.25) is 5.15 Å². The lowest BCUT2D eigenvalue weighted by Gasteiger charge is -2.22. The molecule has 0 fully saturated rings. The molecule has 2 aromatic rings. The highest BCUT2D eigenvalue weighted by Crippen LogP contribution is 2.28. The summed E-state index contributed by atoms with van der Waals surface area (Å²) in [6.07, 6.45) is 0. The Morgan fingerprint density at radius 2 is 1.95 bits per heavy atom. The van der Waals surface area contributed by atoms with Gasteiger partial charge in [-0.25, -0.2) is 9.78 Å². The molecule has 2 rings (SSSR count). The van der Waals surface area contributed by atoms with Crippen LogP contribution >= 0.6 is 11.6 Å². The van der Waals surface area contributed by atoms with Crippen molar-refractivity contribution in [3.8, 4) is 0 Å². The lowest BCUT2D eigenvalue weighted by Crippen LogP contribution is -2.16. The minimum absolute atomic E-state index is 0.121. The molecule has 0 spiro atoms. The van der Waals surface area contributed by atoms with Gasteiger partial charge in [-0.15, -0.1) is 0 Å². The highest BCUT2D eigenvalue weighted by Gasteiger charge is 2.17. The van der Waals surface area contributed by atoms with Gasteiger partial charge >= 0.3 is 5.97 Å². The number of rotatable bonds is 3. The van der Waals surface area contributed by atoms with Crippen LogP contribution in [0.3, 0.4) is 0 Å². The summed E-state index contributed by atoms with van der Waals surface area (Å²) in [6, 6.07) is 10.6. The van der Waals surface area contributed by atoms with E-state index >= 15 is 0 Å². The van der Waals surface area contributed by atoms with E-state index in [1.54, 1.807) is 11.9 Å². The molecule has 0 atom stereocenters. The predicted molar refractivity (Wildman–Crippen MR) is 75.4 cm³/mol. The van der Waals surface area contributed by atoms with E-state index in [0.717, 1.165) is 11.3 Å². The second kappa shape index (κ2) is 5.28. The van der Waals surface area contributed by atoms with Crippen LogP contribution in [0.25, 0.3) is 0 Å². The molecule has 0 saturated heterocycles. The third kappa shape index (κ3) is 2.69.